The quantitative estimate of drug-likeness (QED) is 0.809. The highest BCUT2D eigenvalue weighted by molar-refractivity contribution is 9.10. The van der Waals surface area contributed by atoms with E-state index in [1.165, 1.54) is 5.56 Å². The molecule has 90 valence electrons. The molecule has 0 spiro atoms. The molecule has 1 aromatic carbocycles. The predicted octanol–water partition coefficient (Wildman–Crippen LogP) is 3.69. The third-order valence-electron chi connectivity index (χ3n) is 2.43. The number of benzene rings is 1. The van der Waals surface area contributed by atoms with Gasteiger partial charge in [-0.3, -0.25) is 0 Å². The molecule has 0 fully saturated rings. The average molecular weight is 287 g/mol. The lowest BCUT2D eigenvalue weighted by Crippen LogP contribution is -2.12. The van der Waals surface area contributed by atoms with Crippen LogP contribution in [0.5, 0.6) is 5.75 Å². The Morgan fingerprint density at radius 2 is 2.12 bits per heavy atom. The lowest BCUT2D eigenvalue weighted by atomic mass is 10.2. The van der Waals surface area contributed by atoms with Crippen molar-refractivity contribution in [2.24, 2.45) is 0 Å². The fourth-order valence-electron chi connectivity index (χ4n) is 1.52. The van der Waals surface area contributed by atoms with Crippen molar-refractivity contribution in [1.82, 2.24) is 0 Å². The van der Waals surface area contributed by atoms with Crippen LogP contribution in [0.2, 0.25) is 0 Å². The summed E-state index contributed by atoms with van der Waals surface area (Å²) in [5, 5.41) is 8.70. The van der Waals surface area contributed by atoms with Crippen molar-refractivity contribution in [2.75, 3.05) is 6.61 Å². The lowest BCUT2D eigenvalue weighted by Gasteiger charge is -2.16. The molecule has 1 atom stereocenters. The number of hydrogen-bond acceptors (Lipinski definition) is 2. The van der Waals surface area contributed by atoms with Gasteiger partial charge in [-0.15, -0.1) is 0 Å². The van der Waals surface area contributed by atoms with Crippen molar-refractivity contribution in [2.45, 2.75) is 39.2 Å². The molecule has 16 heavy (non-hydrogen) atoms. The van der Waals surface area contributed by atoms with Crippen LogP contribution in [0, 0.1) is 6.92 Å². The van der Waals surface area contributed by atoms with Crippen LogP contribution in [-0.2, 0) is 0 Å². The second-order valence-corrected chi connectivity index (χ2v) is 4.94. The van der Waals surface area contributed by atoms with Crippen molar-refractivity contribution in [1.29, 1.82) is 0 Å². The molecule has 0 aliphatic heterocycles. The zero-order valence-electron chi connectivity index (χ0n) is 9.87. The number of aliphatic hydroxyl groups is 1. The highest BCUT2D eigenvalue weighted by atomic mass is 79.9. The standard InChI is InChI=1S/C13H19BrO2/c1-10-6-7-12(14)13(9-10)16-11(2)5-3-4-8-15/h6-7,9,11,15H,3-5,8H2,1-2H3/t11-/m0/s1. The lowest BCUT2D eigenvalue weighted by molar-refractivity contribution is 0.198. The first kappa shape index (κ1) is 13.5. The third-order valence-corrected chi connectivity index (χ3v) is 3.09. The summed E-state index contributed by atoms with van der Waals surface area (Å²) in [6, 6.07) is 6.09. The van der Waals surface area contributed by atoms with Gasteiger partial charge in [0.05, 0.1) is 10.6 Å². The second-order valence-electron chi connectivity index (χ2n) is 4.08. The van der Waals surface area contributed by atoms with E-state index in [0.29, 0.717) is 0 Å². The van der Waals surface area contributed by atoms with E-state index < -0.39 is 0 Å². The van der Waals surface area contributed by atoms with Crippen LogP contribution in [-0.4, -0.2) is 17.8 Å². The molecule has 0 radical (unpaired) electrons. The van der Waals surface area contributed by atoms with Gasteiger partial charge in [0.1, 0.15) is 5.75 Å². The van der Waals surface area contributed by atoms with Gasteiger partial charge < -0.3 is 9.84 Å². The molecule has 1 aromatic rings. The van der Waals surface area contributed by atoms with Gasteiger partial charge in [0.25, 0.3) is 0 Å². The summed E-state index contributed by atoms with van der Waals surface area (Å²) in [6.07, 6.45) is 3.01. The smallest absolute Gasteiger partial charge is 0.134 e. The molecule has 0 aromatic heterocycles. The Kier molecular flexibility index (Phi) is 5.85. The Hall–Kier alpha value is -0.540. The molecule has 1 rings (SSSR count). The van der Waals surface area contributed by atoms with Crippen LogP contribution in [0.15, 0.2) is 22.7 Å². The summed E-state index contributed by atoms with van der Waals surface area (Å²) in [5.41, 5.74) is 1.20. The summed E-state index contributed by atoms with van der Waals surface area (Å²) in [7, 11) is 0. The summed E-state index contributed by atoms with van der Waals surface area (Å²) in [5.74, 6) is 0.900. The SMILES string of the molecule is Cc1ccc(Br)c(O[C@@H](C)CCCCO)c1. The van der Waals surface area contributed by atoms with E-state index in [1.54, 1.807) is 0 Å². The van der Waals surface area contributed by atoms with E-state index in [2.05, 4.69) is 29.8 Å². The second kappa shape index (κ2) is 6.92. The highest BCUT2D eigenvalue weighted by Crippen LogP contribution is 2.27. The fourth-order valence-corrected chi connectivity index (χ4v) is 1.86. The number of rotatable bonds is 6. The largest absolute Gasteiger partial charge is 0.490 e. The highest BCUT2D eigenvalue weighted by Gasteiger charge is 2.07. The van der Waals surface area contributed by atoms with Gasteiger partial charge in [0.2, 0.25) is 0 Å². The zero-order chi connectivity index (χ0) is 12.0. The van der Waals surface area contributed by atoms with Crippen LogP contribution >= 0.6 is 15.9 Å². The van der Waals surface area contributed by atoms with E-state index in [-0.39, 0.29) is 12.7 Å². The fraction of sp³-hybridized carbons (Fsp3) is 0.538. The summed E-state index contributed by atoms with van der Waals surface area (Å²) < 4.78 is 6.84. The van der Waals surface area contributed by atoms with Crippen molar-refractivity contribution < 1.29 is 9.84 Å². The van der Waals surface area contributed by atoms with Gasteiger partial charge in [0.15, 0.2) is 0 Å². The Morgan fingerprint density at radius 1 is 1.38 bits per heavy atom. The van der Waals surface area contributed by atoms with Crippen LogP contribution < -0.4 is 4.74 Å². The molecule has 3 heteroatoms. The maximum absolute atomic E-state index is 8.70. The molecule has 0 unspecified atom stereocenters. The molecule has 0 aliphatic carbocycles. The predicted molar refractivity (Wildman–Crippen MR) is 69.9 cm³/mol. The molecular weight excluding hydrogens is 268 g/mol. The van der Waals surface area contributed by atoms with E-state index >= 15 is 0 Å². The third kappa shape index (κ3) is 4.54. The van der Waals surface area contributed by atoms with Crippen LogP contribution in [0.1, 0.15) is 31.7 Å². The van der Waals surface area contributed by atoms with Gasteiger partial charge in [0, 0.05) is 6.61 Å². The van der Waals surface area contributed by atoms with Gasteiger partial charge >= 0.3 is 0 Å². The maximum Gasteiger partial charge on any atom is 0.134 e. The molecule has 0 saturated carbocycles. The van der Waals surface area contributed by atoms with Crippen molar-refractivity contribution in [3.05, 3.63) is 28.2 Å². The van der Waals surface area contributed by atoms with Crippen molar-refractivity contribution in [3.63, 3.8) is 0 Å². The van der Waals surface area contributed by atoms with Crippen LogP contribution in [0.3, 0.4) is 0 Å². The van der Waals surface area contributed by atoms with E-state index in [9.17, 15) is 0 Å². The van der Waals surface area contributed by atoms with E-state index in [4.69, 9.17) is 9.84 Å². The number of aryl methyl sites for hydroxylation is 1. The summed E-state index contributed by atoms with van der Waals surface area (Å²) >= 11 is 3.48. The maximum atomic E-state index is 8.70. The first-order chi connectivity index (χ1) is 7.63. The monoisotopic (exact) mass is 286 g/mol. The molecule has 1 N–H and O–H groups in total. The van der Waals surface area contributed by atoms with Crippen LogP contribution in [0.4, 0.5) is 0 Å². The Morgan fingerprint density at radius 3 is 2.81 bits per heavy atom. The van der Waals surface area contributed by atoms with Gasteiger partial charge in [-0.25, -0.2) is 0 Å². The number of ether oxygens (including phenoxy) is 1. The van der Waals surface area contributed by atoms with Crippen molar-refractivity contribution in [3.8, 4) is 5.75 Å². The number of unbranched alkanes of at least 4 members (excludes halogenated alkanes) is 1. The van der Waals surface area contributed by atoms with E-state index in [1.807, 2.05) is 18.2 Å². The topological polar surface area (TPSA) is 29.5 Å². The first-order valence-corrected chi connectivity index (χ1v) is 6.46. The molecule has 2 nitrogen and oxygen atoms in total. The van der Waals surface area contributed by atoms with Gasteiger partial charge in [-0.05, 0) is 66.7 Å². The minimum absolute atomic E-state index is 0.185. The first-order valence-electron chi connectivity index (χ1n) is 5.67. The van der Waals surface area contributed by atoms with E-state index in [0.717, 1.165) is 29.5 Å². The molecule has 0 bridgehead atoms. The van der Waals surface area contributed by atoms with Crippen molar-refractivity contribution >= 4 is 15.9 Å². The molecular formula is C13H19BrO2. The number of halogens is 1. The molecule has 0 amide bonds. The van der Waals surface area contributed by atoms with Gasteiger partial charge in [-0.2, -0.15) is 0 Å². The minimum Gasteiger partial charge on any atom is -0.490 e. The van der Waals surface area contributed by atoms with Gasteiger partial charge in [-0.1, -0.05) is 6.07 Å². The van der Waals surface area contributed by atoms with Crippen LogP contribution in [0.25, 0.3) is 0 Å². The average Bonchev–Trinajstić information content (AvgIpc) is 2.24. The summed E-state index contributed by atoms with van der Waals surface area (Å²) in [4.78, 5) is 0. The Labute approximate surface area is 106 Å². The number of hydrogen-bond donors (Lipinski definition) is 1. The Balaban J connectivity index is 2.48. The molecule has 0 saturated heterocycles. The summed E-state index contributed by atoms with van der Waals surface area (Å²) in [6.45, 7) is 4.38. The Bertz CT molecular complexity index is 326. The normalized spacial score (nSPS) is 12.5. The number of aliphatic hydroxyl groups excluding tert-OH is 1. The molecule has 0 aliphatic rings. The zero-order valence-corrected chi connectivity index (χ0v) is 11.5. The minimum atomic E-state index is 0.185. The molecule has 0 heterocycles.